The van der Waals surface area contributed by atoms with Gasteiger partial charge in [0.1, 0.15) is 11.5 Å². The van der Waals surface area contributed by atoms with Crippen LogP contribution in [0.4, 0.5) is 0 Å². The average molecular weight is 416 g/mol. The SMILES string of the molecule is COc1ccc(C2=CC3c4cccc(OC)c4OC(c4cccc(OC)c4)N3N2)cc1. The summed E-state index contributed by atoms with van der Waals surface area (Å²) < 4.78 is 22.8. The minimum absolute atomic E-state index is 0.0212. The summed E-state index contributed by atoms with van der Waals surface area (Å²) in [5.41, 5.74) is 7.68. The number of hydrogen-bond acceptors (Lipinski definition) is 6. The van der Waals surface area contributed by atoms with Gasteiger partial charge in [0.15, 0.2) is 17.7 Å². The van der Waals surface area contributed by atoms with Gasteiger partial charge in [-0.1, -0.05) is 24.3 Å². The molecule has 0 aliphatic carbocycles. The largest absolute Gasteiger partial charge is 0.497 e. The zero-order valence-electron chi connectivity index (χ0n) is 17.7. The van der Waals surface area contributed by atoms with Crippen molar-refractivity contribution in [2.45, 2.75) is 12.3 Å². The van der Waals surface area contributed by atoms with E-state index >= 15 is 0 Å². The molecule has 0 saturated heterocycles. The first-order valence-electron chi connectivity index (χ1n) is 10.1. The molecule has 2 heterocycles. The van der Waals surface area contributed by atoms with Crippen LogP contribution in [0.2, 0.25) is 0 Å². The molecule has 6 heteroatoms. The molecule has 0 radical (unpaired) electrons. The molecule has 3 aromatic carbocycles. The number of para-hydroxylation sites is 1. The Morgan fingerprint density at radius 2 is 1.61 bits per heavy atom. The van der Waals surface area contributed by atoms with Crippen molar-refractivity contribution in [3.05, 3.63) is 89.5 Å². The lowest BCUT2D eigenvalue weighted by Gasteiger charge is -2.39. The summed E-state index contributed by atoms with van der Waals surface area (Å²) in [4.78, 5) is 0. The van der Waals surface area contributed by atoms with Crippen molar-refractivity contribution in [2.75, 3.05) is 21.3 Å². The van der Waals surface area contributed by atoms with Gasteiger partial charge in [-0.05, 0) is 54.1 Å². The van der Waals surface area contributed by atoms with Crippen molar-refractivity contribution in [3.8, 4) is 23.0 Å². The van der Waals surface area contributed by atoms with E-state index in [1.165, 1.54) is 0 Å². The van der Waals surface area contributed by atoms with Crippen molar-refractivity contribution in [3.63, 3.8) is 0 Å². The molecular formula is C25H24N2O4. The van der Waals surface area contributed by atoms with Crippen LogP contribution in [0.3, 0.4) is 0 Å². The molecule has 2 aliphatic heterocycles. The number of ether oxygens (including phenoxy) is 4. The maximum Gasteiger partial charge on any atom is 0.196 e. The van der Waals surface area contributed by atoms with Crippen LogP contribution in [-0.2, 0) is 0 Å². The second kappa shape index (κ2) is 7.89. The molecule has 2 aliphatic rings. The van der Waals surface area contributed by atoms with Crippen LogP contribution in [0.15, 0.2) is 72.8 Å². The van der Waals surface area contributed by atoms with Gasteiger partial charge in [-0.25, -0.2) is 0 Å². The number of nitrogens with one attached hydrogen (secondary N) is 1. The minimum atomic E-state index is -0.365. The summed E-state index contributed by atoms with van der Waals surface area (Å²) in [5, 5.41) is 2.12. The Morgan fingerprint density at radius 3 is 2.35 bits per heavy atom. The van der Waals surface area contributed by atoms with Crippen LogP contribution in [0.1, 0.15) is 29.0 Å². The molecule has 158 valence electrons. The number of methoxy groups -OCH3 is 3. The monoisotopic (exact) mass is 416 g/mol. The van der Waals surface area contributed by atoms with Crippen LogP contribution in [-0.4, -0.2) is 26.3 Å². The quantitative estimate of drug-likeness (QED) is 0.650. The molecule has 3 aromatic rings. The molecule has 0 saturated carbocycles. The van der Waals surface area contributed by atoms with Crippen LogP contribution in [0.25, 0.3) is 5.70 Å². The first-order valence-corrected chi connectivity index (χ1v) is 10.1. The van der Waals surface area contributed by atoms with Crippen LogP contribution < -0.4 is 24.4 Å². The predicted octanol–water partition coefficient (Wildman–Crippen LogP) is 4.71. The number of benzene rings is 3. The van der Waals surface area contributed by atoms with E-state index in [0.29, 0.717) is 0 Å². The molecule has 0 amide bonds. The van der Waals surface area contributed by atoms with Gasteiger partial charge in [-0.2, -0.15) is 5.01 Å². The van der Waals surface area contributed by atoms with Crippen molar-refractivity contribution in [1.29, 1.82) is 0 Å². The molecule has 1 N–H and O–H groups in total. The van der Waals surface area contributed by atoms with Gasteiger partial charge in [0.05, 0.1) is 33.1 Å². The smallest absolute Gasteiger partial charge is 0.196 e. The third-order valence-electron chi connectivity index (χ3n) is 5.68. The van der Waals surface area contributed by atoms with E-state index in [2.05, 4.69) is 22.6 Å². The Balaban J connectivity index is 1.59. The fourth-order valence-electron chi connectivity index (χ4n) is 4.10. The summed E-state index contributed by atoms with van der Waals surface area (Å²) >= 11 is 0. The second-order valence-electron chi connectivity index (χ2n) is 7.40. The highest BCUT2D eigenvalue weighted by Gasteiger charge is 2.41. The fourth-order valence-corrected chi connectivity index (χ4v) is 4.10. The third-order valence-corrected chi connectivity index (χ3v) is 5.68. The fraction of sp³-hybridized carbons (Fsp3) is 0.200. The third kappa shape index (κ3) is 3.35. The van der Waals surface area contributed by atoms with Crippen LogP contribution in [0.5, 0.6) is 23.0 Å². The van der Waals surface area contributed by atoms with Gasteiger partial charge in [0.25, 0.3) is 0 Å². The lowest BCUT2D eigenvalue weighted by atomic mass is 10.00. The predicted molar refractivity (Wildman–Crippen MR) is 118 cm³/mol. The van der Waals surface area contributed by atoms with Gasteiger partial charge in [-0.15, -0.1) is 0 Å². The van der Waals surface area contributed by atoms with E-state index in [4.69, 9.17) is 18.9 Å². The maximum absolute atomic E-state index is 6.50. The van der Waals surface area contributed by atoms with Crippen molar-refractivity contribution in [2.24, 2.45) is 0 Å². The zero-order valence-corrected chi connectivity index (χ0v) is 17.7. The summed E-state index contributed by atoms with van der Waals surface area (Å²) in [6.07, 6.45) is 1.85. The highest BCUT2D eigenvalue weighted by atomic mass is 16.5. The molecule has 31 heavy (non-hydrogen) atoms. The first kappa shape index (κ1) is 19.3. The molecular weight excluding hydrogens is 392 g/mol. The van der Waals surface area contributed by atoms with Gasteiger partial charge < -0.3 is 24.4 Å². The van der Waals surface area contributed by atoms with Crippen LogP contribution >= 0.6 is 0 Å². The lowest BCUT2D eigenvalue weighted by Crippen LogP contribution is -2.43. The highest BCUT2D eigenvalue weighted by molar-refractivity contribution is 5.68. The maximum atomic E-state index is 6.50. The molecule has 0 bridgehead atoms. The van der Waals surface area contributed by atoms with Gasteiger partial charge in [-0.3, -0.25) is 0 Å². The van der Waals surface area contributed by atoms with E-state index in [-0.39, 0.29) is 12.3 Å². The number of rotatable bonds is 5. The average Bonchev–Trinajstić information content (AvgIpc) is 3.29. The normalized spacial score (nSPS) is 19.4. The Hall–Kier alpha value is -3.64. The topological polar surface area (TPSA) is 52.2 Å². The molecule has 2 atom stereocenters. The van der Waals surface area contributed by atoms with E-state index in [1.807, 2.05) is 60.7 Å². The number of hydrogen-bond donors (Lipinski definition) is 1. The van der Waals surface area contributed by atoms with Crippen molar-refractivity contribution >= 4 is 5.70 Å². The first-order chi connectivity index (χ1) is 15.2. The molecule has 0 fully saturated rings. The zero-order chi connectivity index (χ0) is 21.4. The van der Waals surface area contributed by atoms with Gasteiger partial charge in [0, 0.05) is 11.1 Å². The molecule has 5 rings (SSSR count). The summed E-state index contributed by atoms with van der Waals surface area (Å²) in [6, 6.07) is 21.9. The second-order valence-corrected chi connectivity index (χ2v) is 7.40. The van der Waals surface area contributed by atoms with E-state index < -0.39 is 0 Å². The van der Waals surface area contributed by atoms with E-state index in [0.717, 1.165) is 45.4 Å². The highest BCUT2D eigenvalue weighted by Crippen LogP contribution is 2.49. The van der Waals surface area contributed by atoms with Gasteiger partial charge >= 0.3 is 0 Å². The van der Waals surface area contributed by atoms with Crippen molar-refractivity contribution < 1.29 is 18.9 Å². The summed E-state index contributed by atoms with van der Waals surface area (Å²) in [5.74, 6) is 3.09. The summed E-state index contributed by atoms with van der Waals surface area (Å²) in [7, 11) is 5.00. The Kier molecular flexibility index (Phi) is 4.92. The lowest BCUT2D eigenvalue weighted by molar-refractivity contribution is -0.0343. The number of fused-ring (bicyclic) bond motifs is 3. The Morgan fingerprint density at radius 1 is 0.839 bits per heavy atom. The molecule has 2 unspecified atom stereocenters. The molecule has 0 aromatic heterocycles. The summed E-state index contributed by atoms with van der Waals surface area (Å²) in [6.45, 7) is 0. The van der Waals surface area contributed by atoms with Crippen molar-refractivity contribution in [1.82, 2.24) is 10.4 Å². The Bertz CT molecular complexity index is 1130. The molecule has 6 nitrogen and oxygen atoms in total. The minimum Gasteiger partial charge on any atom is -0.497 e. The van der Waals surface area contributed by atoms with E-state index in [9.17, 15) is 0 Å². The standard InChI is InChI=1S/C25H24N2O4/c1-28-18-12-10-16(11-13-18)21-15-22-20-8-5-9-23(30-3)24(20)31-25(27(22)26-21)17-6-4-7-19(14-17)29-2/h4-15,22,25-26H,1-3H3. The molecule has 0 spiro atoms. The van der Waals surface area contributed by atoms with E-state index in [1.54, 1.807) is 21.3 Å². The Labute approximate surface area is 181 Å². The van der Waals surface area contributed by atoms with Crippen LogP contribution in [0, 0.1) is 0 Å². The number of nitrogens with zero attached hydrogens (tertiary/aromatic N) is 1. The van der Waals surface area contributed by atoms with Gasteiger partial charge in [0.2, 0.25) is 0 Å². The number of hydrazine groups is 1.